The van der Waals surface area contributed by atoms with Crippen molar-refractivity contribution in [3.8, 4) is 0 Å². The van der Waals surface area contributed by atoms with Crippen molar-refractivity contribution in [2.75, 3.05) is 0 Å². The number of unbranched alkanes of at least 4 members (excludes halogenated alkanes) is 1. The fourth-order valence-electron chi connectivity index (χ4n) is 1.46. The average molecular weight is 240 g/mol. The smallest absolute Gasteiger partial charge is 0.170 e. The number of benzene rings is 1. The lowest BCUT2D eigenvalue weighted by Gasteiger charge is -2.01. The predicted molar refractivity (Wildman–Crippen MR) is 59.8 cm³/mol. The molecule has 0 aliphatic carbocycles. The minimum absolute atomic E-state index is 0.0904. The average Bonchev–Trinajstić information content (AvgIpc) is 2.25. The summed E-state index contributed by atoms with van der Waals surface area (Å²) in [5, 5.41) is 0. The van der Waals surface area contributed by atoms with Gasteiger partial charge < -0.3 is 0 Å². The molecule has 0 amide bonds. The summed E-state index contributed by atoms with van der Waals surface area (Å²) in [5.74, 6) is -2.35. The van der Waals surface area contributed by atoms with Crippen molar-refractivity contribution in [1.82, 2.24) is 0 Å². The number of rotatable bonds is 6. The summed E-state index contributed by atoms with van der Waals surface area (Å²) in [7, 11) is 0. The molecular formula is C13H14F2O2. The molecule has 2 nitrogen and oxygen atoms in total. The third kappa shape index (κ3) is 4.43. The number of hydrogen-bond donors (Lipinski definition) is 0. The van der Waals surface area contributed by atoms with Gasteiger partial charge in [-0.05, 0) is 18.6 Å². The Kier molecular flexibility index (Phi) is 4.94. The third-order valence-corrected chi connectivity index (χ3v) is 2.35. The van der Waals surface area contributed by atoms with Crippen LogP contribution in [0, 0.1) is 11.6 Å². The molecule has 17 heavy (non-hydrogen) atoms. The van der Waals surface area contributed by atoms with Gasteiger partial charge in [-0.3, -0.25) is 9.59 Å². The van der Waals surface area contributed by atoms with Gasteiger partial charge in [-0.25, -0.2) is 8.78 Å². The summed E-state index contributed by atoms with van der Waals surface area (Å²) < 4.78 is 25.7. The molecule has 0 aliphatic heterocycles. The molecule has 0 aliphatic rings. The summed E-state index contributed by atoms with van der Waals surface area (Å²) in [5.41, 5.74) is -0.0904. The van der Waals surface area contributed by atoms with Crippen molar-refractivity contribution in [3.63, 3.8) is 0 Å². The molecule has 0 saturated heterocycles. The highest BCUT2D eigenvalue weighted by Crippen LogP contribution is 2.11. The Hall–Kier alpha value is -1.58. The Morgan fingerprint density at radius 3 is 2.24 bits per heavy atom. The minimum atomic E-state index is -0.811. The van der Waals surface area contributed by atoms with Crippen molar-refractivity contribution in [3.05, 3.63) is 35.4 Å². The summed E-state index contributed by atoms with van der Waals surface area (Å²) in [4.78, 5) is 22.9. The van der Waals surface area contributed by atoms with Crippen LogP contribution in [-0.4, -0.2) is 11.6 Å². The van der Waals surface area contributed by atoms with Crippen LogP contribution in [0.3, 0.4) is 0 Å². The molecule has 0 unspecified atom stereocenters. The maximum absolute atomic E-state index is 12.9. The zero-order valence-electron chi connectivity index (χ0n) is 9.63. The Balaban J connectivity index is 2.66. The molecular weight excluding hydrogens is 226 g/mol. The van der Waals surface area contributed by atoms with Crippen LogP contribution >= 0.6 is 0 Å². The Morgan fingerprint density at radius 1 is 1.12 bits per heavy atom. The van der Waals surface area contributed by atoms with Crippen molar-refractivity contribution in [1.29, 1.82) is 0 Å². The maximum Gasteiger partial charge on any atom is 0.170 e. The Labute approximate surface area is 98.6 Å². The molecule has 1 rings (SSSR count). The van der Waals surface area contributed by atoms with E-state index in [1.807, 2.05) is 6.92 Å². The number of halogens is 2. The van der Waals surface area contributed by atoms with Gasteiger partial charge in [0.05, 0.1) is 6.42 Å². The van der Waals surface area contributed by atoms with Gasteiger partial charge in [0.15, 0.2) is 5.78 Å². The lowest BCUT2D eigenvalue weighted by Crippen LogP contribution is -2.08. The summed E-state index contributed by atoms with van der Waals surface area (Å²) in [6.07, 6.45) is 1.64. The molecule has 0 atom stereocenters. The highest BCUT2D eigenvalue weighted by molar-refractivity contribution is 6.07. The van der Waals surface area contributed by atoms with Crippen molar-refractivity contribution in [2.24, 2.45) is 0 Å². The molecule has 1 aromatic rings. The zero-order valence-corrected chi connectivity index (χ0v) is 9.63. The van der Waals surface area contributed by atoms with Gasteiger partial charge in [-0.15, -0.1) is 0 Å². The van der Waals surface area contributed by atoms with Gasteiger partial charge >= 0.3 is 0 Å². The maximum atomic E-state index is 12.9. The highest BCUT2D eigenvalue weighted by atomic mass is 19.1. The van der Waals surface area contributed by atoms with E-state index >= 15 is 0 Å². The van der Waals surface area contributed by atoms with E-state index < -0.39 is 17.4 Å². The summed E-state index contributed by atoms with van der Waals surface area (Å²) in [6.45, 7) is 1.94. The second kappa shape index (κ2) is 6.23. The van der Waals surface area contributed by atoms with E-state index in [1.54, 1.807) is 0 Å². The van der Waals surface area contributed by atoms with Crippen molar-refractivity contribution >= 4 is 11.6 Å². The predicted octanol–water partition coefficient (Wildman–Crippen LogP) is 3.30. The van der Waals surface area contributed by atoms with Crippen LogP contribution in [0.1, 0.15) is 43.0 Å². The highest BCUT2D eigenvalue weighted by Gasteiger charge is 2.13. The fraction of sp³-hybridized carbons (Fsp3) is 0.385. The van der Waals surface area contributed by atoms with E-state index in [2.05, 4.69) is 0 Å². The molecule has 0 saturated carbocycles. The lowest BCUT2D eigenvalue weighted by molar-refractivity contribution is -0.118. The molecule has 92 valence electrons. The summed E-state index contributed by atoms with van der Waals surface area (Å²) >= 11 is 0. The molecule has 1 aromatic carbocycles. The fourth-order valence-corrected chi connectivity index (χ4v) is 1.46. The molecule has 0 bridgehead atoms. The van der Waals surface area contributed by atoms with Gasteiger partial charge in [0, 0.05) is 18.1 Å². The quantitative estimate of drug-likeness (QED) is 0.564. The van der Waals surface area contributed by atoms with Crippen LogP contribution in [0.5, 0.6) is 0 Å². The van der Waals surface area contributed by atoms with E-state index in [-0.39, 0.29) is 17.8 Å². The first-order valence-electron chi connectivity index (χ1n) is 5.54. The van der Waals surface area contributed by atoms with Crippen LogP contribution in [0.4, 0.5) is 8.78 Å². The Bertz CT molecular complexity index is 407. The molecule has 0 spiro atoms. The van der Waals surface area contributed by atoms with Crippen LogP contribution < -0.4 is 0 Å². The Morgan fingerprint density at radius 2 is 1.71 bits per heavy atom. The second-order valence-electron chi connectivity index (χ2n) is 3.90. The van der Waals surface area contributed by atoms with Gasteiger partial charge in [0.1, 0.15) is 17.4 Å². The van der Waals surface area contributed by atoms with E-state index in [0.717, 1.165) is 25.0 Å². The van der Waals surface area contributed by atoms with E-state index in [4.69, 9.17) is 0 Å². The van der Waals surface area contributed by atoms with Gasteiger partial charge in [-0.1, -0.05) is 13.3 Å². The summed E-state index contributed by atoms with van der Waals surface area (Å²) in [6, 6.07) is 2.58. The van der Waals surface area contributed by atoms with Crippen LogP contribution in [-0.2, 0) is 4.79 Å². The number of Topliss-reactive ketones (excluding diaryl/α,β-unsaturated/α-hetero) is 2. The number of ketones is 2. The lowest BCUT2D eigenvalue weighted by atomic mass is 10.0. The van der Waals surface area contributed by atoms with Crippen LogP contribution in [0.25, 0.3) is 0 Å². The molecule has 0 heterocycles. The first-order valence-corrected chi connectivity index (χ1v) is 5.54. The van der Waals surface area contributed by atoms with Gasteiger partial charge in [0.25, 0.3) is 0 Å². The minimum Gasteiger partial charge on any atom is -0.299 e. The SMILES string of the molecule is CCCCC(=O)CC(=O)c1cc(F)cc(F)c1. The third-order valence-electron chi connectivity index (χ3n) is 2.35. The second-order valence-corrected chi connectivity index (χ2v) is 3.90. The van der Waals surface area contributed by atoms with Crippen LogP contribution in [0.2, 0.25) is 0 Å². The standard InChI is InChI=1S/C13H14F2O2/c1-2-3-4-12(16)8-13(17)9-5-10(14)7-11(15)6-9/h5-7H,2-4,8H2,1H3. The molecule has 0 N–H and O–H groups in total. The van der Waals surface area contributed by atoms with E-state index in [1.165, 1.54) is 0 Å². The van der Waals surface area contributed by atoms with Gasteiger partial charge in [0.2, 0.25) is 0 Å². The van der Waals surface area contributed by atoms with Crippen molar-refractivity contribution in [2.45, 2.75) is 32.6 Å². The molecule has 0 aromatic heterocycles. The topological polar surface area (TPSA) is 34.1 Å². The number of carbonyl (C=O) groups excluding carboxylic acids is 2. The first-order chi connectivity index (χ1) is 8.02. The first kappa shape index (κ1) is 13.5. The number of hydrogen-bond acceptors (Lipinski definition) is 2. The normalized spacial score (nSPS) is 10.3. The van der Waals surface area contributed by atoms with Crippen LogP contribution in [0.15, 0.2) is 18.2 Å². The largest absolute Gasteiger partial charge is 0.299 e. The number of carbonyl (C=O) groups is 2. The van der Waals surface area contributed by atoms with Gasteiger partial charge in [-0.2, -0.15) is 0 Å². The monoisotopic (exact) mass is 240 g/mol. The zero-order chi connectivity index (χ0) is 12.8. The molecule has 0 radical (unpaired) electrons. The van der Waals surface area contributed by atoms with Crippen molar-refractivity contribution < 1.29 is 18.4 Å². The molecule has 4 heteroatoms. The van der Waals surface area contributed by atoms with E-state index in [0.29, 0.717) is 12.5 Å². The van der Waals surface area contributed by atoms with E-state index in [9.17, 15) is 18.4 Å². The molecule has 0 fully saturated rings.